The number of amides is 1. The fourth-order valence-corrected chi connectivity index (χ4v) is 2.49. The van der Waals surface area contributed by atoms with Gasteiger partial charge in [0.2, 0.25) is 0 Å². The van der Waals surface area contributed by atoms with Crippen molar-refractivity contribution in [3.8, 4) is 5.75 Å². The van der Waals surface area contributed by atoms with Crippen molar-refractivity contribution in [3.05, 3.63) is 59.6 Å². The third kappa shape index (κ3) is 3.25. The number of ether oxygens (including phenoxy) is 1. The maximum absolute atomic E-state index is 12.3. The van der Waals surface area contributed by atoms with Gasteiger partial charge in [-0.05, 0) is 45.0 Å². The van der Waals surface area contributed by atoms with Gasteiger partial charge in [0.25, 0.3) is 5.91 Å². The van der Waals surface area contributed by atoms with Crippen LogP contribution in [0.5, 0.6) is 5.75 Å². The predicted octanol–water partition coefficient (Wildman–Crippen LogP) is 4.03. The third-order valence-corrected chi connectivity index (χ3v) is 3.77. The number of carbonyl (C=O) groups is 1. The van der Waals surface area contributed by atoms with Crippen LogP contribution >= 0.6 is 0 Å². The Kier molecular flexibility index (Phi) is 4.51. The summed E-state index contributed by atoms with van der Waals surface area (Å²) >= 11 is 0. The lowest BCUT2D eigenvalue weighted by atomic mass is 10.2. The van der Waals surface area contributed by atoms with Crippen molar-refractivity contribution >= 4 is 16.9 Å². The molecule has 3 aromatic rings. The molecule has 0 saturated carbocycles. The van der Waals surface area contributed by atoms with Gasteiger partial charge in [0, 0.05) is 17.3 Å². The topological polar surface area (TPSA) is 64.4 Å². The molecule has 0 aliphatic carbocycles. The highest BCUT2D eigenvalue weighted by atomic mass is 16.5. The summed E-state index contributed by atoms with van der Waals surface area (Å²) in [7, 11) is 0. The van der Waals surface area contributed by atoms with Crippen LogP contribution in [0.15, 0.2) is 47.0 Å². The number of benzene rings is 1. The van der Waals surface area contributed by atoms with Crippen LogP contribution in [0.1, 0.15) is 41.7 Å². The van der Waals surface area contributed by atoms with E-state index < -0.39 is 0 Å². The van der Waals surface area contributed by atoms with E-state index in [1.807, 2.05) is 51.1 Å². The normalized spacial score (nSPS) is 12.1. The van der Waals surface area contributed by atoms with Gasteiger partial charge >= 0.3 is 0 Å². The number of pyridine rings is 1. The highest BCUT2D eigenvalue weighted by Gasteiger charge is 2.17. The average molecular weight is 324 g/mol. The summed E-state index contributed by atoms with van der Waals surface area (Å²) in [6.07, 6.45) is 1.57. The molecule has 0 saturated heterocycles. The summed E-state index contributed by atoms with van der Waals surface area (Å²) in [5, 5.41) is 3.88. The van der Waals surface area contributed by atoms with Crippen LogP contribution in [0.2, 0.25) is 0 Å². The van der Waals surface area contributed by atoms with E-state index >= 15 is 0 Å². The summed E-state index contributed by atoms with van der Waals surface area (Å²) in [6.45, 7) is 6.27. The van der Waals surface area contributed by atoms with E-state index in [-0.39, 0.29) is 11.9 Å². The van der Waals surface area contributed by atoms with Gasteiger partial charge < -0.3 is 14.5 Å². The molecule has 1 atom stereocenters. The summed E-state index contributed by atoms with van der Waals surface area (Å²) in [5.74, 6) is 1.22. The molecule has 0 aliphatic rings. The number of carbonyl (C=O) groups excluding carboxylic acids is 1. The molecule has 3 rings (SSSR count). The molecule has 0 spiro atoms. The molecule has 5 nitrogen and oxygen atoms in total. The van der Waals surface area contributed by atoms with E-state index in [0.717, 1.165) is 11.1 Å². The number of hydrogen-bond acceptors (Lipinski definition) is 4. The number of hydrogen-bond donors (Lipinski definition) is 1. The Morgan fingerprint density at radius 1 is 1.33 bits per heavy atom. The zero-order valence-electron chi connectivity index (χ0n) is 14.0. The van der Waals surface area contributed by atoms with Crippen LogP contribution in [0, 0.1) is 6.92 Å². The summed E-state index contributed by atoms with van der Waals surface area (Å²) in [5.41, 5.74) is 2.10. The first-order valence-electron chi connectivity index (χ1n) is 7.97. The molecule has 1 aromatic carbocycles. The van der Waals surface area contributed by atoms with Gasteiger partial charge in [-0.25, -0.2) is 0 Å². The standard InChI is InChI=1S/C19H20N2O3/c1-4-23-16-7-5-6-14-10-17(24-18(14)16)13(3)21-19(22)15-9-8-12(2)20-11-15/h5-11,13H,4H2,1-3H3,(H,21,22). The smallest absolute Gasteiger partial charge is 0.253 e. The van der Waals surface area contributed by atoms with Gasteiger partial charge in [-0.1, -0.05) is 12.1 Å². The van der Waals surface area contributed by atoms with E-state index in [2.05, 4.69) is 10.3 Å². The second kappa shape index (κ2) is 6.74. The van der Waals surface area contributed by atoms with E-state index in [1.54, 1.807) is 12.3 Å². The van der Waals surface area contributed by atoms with Gasteiger partial charge in [0.1, 0.15) is 5.76 Å². The highest BCUT2D eigenvalue weighted by molar-refractivity contribution is 5.94. The molecule has 2 heterocycles. The lowest BCUT2D eigenvalue weighted by Crippen LogP contribution is -2.26. The Bertz CT molecular complexity index is 853. The molecule has 5 heteroatoms. The number of para-hydroxylation sites is 1. The number of rotatable bonds is 5. The second-order valence-corrected chi connectivity index (χ2v) is 5.64. The number of fused-ring (bicyclic) bond motifs is 1. The Hall–Kier alpha value is -2.82. The molecular formula is C19H20N2O3. The maximum Gasteiger partial charge on any atom is 0.253 e. The highest BCUT2D eigenvalue weighted by Crippen LogP contribution is 2.31. The van der Waals surface area contributed by atoms with Crippen molar-refractivity contribution in [2.24, 2.45) is 0 Å². The van der Waals surface area contributed by atoms with E-state index in [4.69, 9.17) is 9.15 Å². The third-order valence-electron chi connectivity index (χ3n) is 3.77. The molecule has 124 valence electrons. The molecule has 1 N–H and O–H groups in total. The van der Waals surface area contributed by atoms with Crippen LogP contribution in [0.3, 0.4) is 0 Å². The molecule has 1 amide bonds. The minimum absolute atomic E-state index is 0.180. The van der Waals surface area contributed by atoms with Crippen LogP contribution in [0.25, 0.3) is 11.0 Å². The first-order chi connectivity index (χ1) is 11.6. The van der Waals surface area contributed by atoms with Crippen molar-refractivity contribution in [1.29, 1.82) is 0 Å². The molecule has 1 unspecified atom stereocenters. The fraction of sp³-hybridized carbons (Fsp3) is 0.263. The van der Waals surface area contributed by atoms with Crippen molar-refractivity contribution in [2.75, 3.05) is 6.61 Å². The first-order valence-corrected chi connectivity index (χ1v) is 7.97. The summed E-state index contributed by atoms with van der Waals surface area (Å²) < 4.78 is 11.5. The lowest BCUT2D eigenvalue weighted by molar-refractivity contribution is 0.0935. The van der Waals surface area contributed by atoms with Crippen LogP contribution in [0.4, 0.5) is 0 Å². The number of aryl methyl sites for hydroxylation is 1. The molecule has 24 heavy (non-hydrogen) atoms. The Morgan fingerprint density at radius 2 is 2.17 bits per heavy atom. The van der Waals surface area contributed by atoms with Gasteiger partial charge in [-0.15, -0.1) is 0 Å². The fourth-order valence-electron chi connectivity index (χ4n) is 2.49. The summed E-state index contributed by atoms with van der Waals surface area (Å²) in [6, 6.07) is 11.0. The second-order valence-electron chi connectivity index (χ2n) is 5.64. The zero-order valence-corrected chi connectivity index (χ0v) is 14.0. The van der Waals surface area contributed by atoms with Crippen LogP contribution in [-0.2, 0) is 0 Å². The molecule has 2 aromatic heterocycles. The zero-order chi connectivity index (χ0) is 17.1. The van der Waals surface area contributed by atoms with Gasteiger partial charge in [-0.2, -0.15) is 0 Å². The van der Waals surface area contributed by atoms with E-state index in [0.29, 0.717) is 29.3 Å². The molecule has 0 aliphatic heterocycles. The Balaban J connectivity index is 1.80. The van der Waals surface area contributed by atoms with Crippen molar-refractivity contribution in [2.45, 2.75) is 26.8 Å². The van der Waals surface area contributed by atoms with Crippen molar-refractivity contribution < 1.29 is 13.9 Å². The van der Waals surface area contributed by atoms with Crippen molar-refractivity contribution in [3.63, 3.8) is 0 Å². The first kappa shape index (κ1) is 16.1. The van der Waals surface area contributed by atoms with Gasteiger partial charge in [0.15, 0.2) is 11.3 Å². The number of furan rings is 1. The molecule has 0 bridgehead atoms. The molecule has 0 radical (unpaired) electrons. The number of nitrogens with zero attached hydrogens (tertiary/aromatic N) is 1. The minimum atomic E-state index is -0.263. The maximum atomic E-state index is 12.3. The number of aromatic nitrogens is 1. The largest absolute Gasteiger partial charge is 0.490 e. The summed E-state index contributed by atoms with van der Waals surface area (Å²) in [4.78, 5) is 16.5. The average Bonchev–Trinajstić information content (AvgIpc) is 3.01. The quantitative estimate of drug-likeness (QED) is 0.769. The predicted molar refractivity (Wildman–Crippen MR) is 92.2 cm³/mol. The monoisotopic (exact) mass is 324 g/mol. The van der Waals surface area contributed by atoms with Crippen LogP contribution < -0.4 is 10.1 Å². The molecule has 0 fully saturated rings. The Morgan fingerprint density at radius 3 is 2.88 bits per heavy atom. The number of nitrogens with one attached hydrogen (secondary N) is 1. The lowest BCUT2D eigenvalue weighted by Gasteiger charge is -2.11. The van der Waals surface area contributed by atoms with E-state index in [1.165, 1.54) is 0 Å². The van der Waals surface area contributed by atoms with Gasteiger partial charge in [-0.3, -0.25) is 9.78 Å². The van der Waals surface area contributed by atoms with Gasteiger partial charge in [0.05, 0.1) is 18.2 Å². The SMILES string of the molecule is CCOc1cccc2cc(C(C)NC(=O)c3ccc(C)nc3)oc12. The molecular weight excluding hydrogens is 304 g/mol. The van der Waals surface area contributed by atoms with Crippen molar-refractivity contribution in [1.82, 2.24) is 10.3 Å². The van der Waals surface area contributed by atoms with E-state index in [9.17, 15) is 4.79 Å². The van der Waals surface area contributed by atoms with Crippen LogP contribution in [-0.4, -0.2) is 17.5 Å². The Labute approximate surface area is 140 Å². The minimum Gasteiger partial charge on any atom is -0.490 e.